The maximum Gasteiger partial charge on any atom is 0.165 e. The second kappa shape index (κ2) is 5.73. The summed E-state index contributed by atoms with van der Waals surface area (Å²) in [6, 6.07) is 1.84. The van der Waals surface area contributed by atoms with Gasteiger partial charge in [-0.2, -0.15) is 0 Å². The first kappa shape index (κ1) is 18.2. The molecule has 0 aromatic heterocycles. The van der Waals surface area contributed by atoms with Crippen molar-refractivity contribution >= 4 is 5.78 Å². The predicted molar refractivity (Wildman–Crippen MR) is 97.6 cm³/mol. The molecule has 138 valence electrons. The molecule has 3 rings (SSSR count). The zero-order valence-corrected chi connectivity index (χ0v) is 16.1. The first-order chi connectivity index (χ1) is 11.5. The number of ether oxygens (including phenoxy) is 1. The second-order valence-electron chi connectivity index (χ2n) is 9.07. The normalized spacial score (nSPS) is 30.8. The van der Waals surface area contributed by atoms with Gasteiger partial charge in [0.25, 0.3) is 0 Å². The van der Waals surface area contributed by atoms with Crippen LogP contribution in [0.15, 0.2) is 6.07 Å². The van der Waals surface area contributed by atoms with Crippen LogP contribution in [0.25, 0.3) is 0 Å². The largest absolute Gasteiger partial charge is 0.504 e. The minimum Gasteiger partial charge on any atom is -0.504 e. The van der Waals surface area contributed by atoms with Crippen molar-refractivity contribution in [3.8, 4) is 11.5 Å². The van der Waals surface area contributed by atoms with Gasteiger partial charge in [0.05, 0.1) is 13.2 Å². The van der Waals surface area contributed by atoms with E-state index >= 15 is 0 Å². The number of methoxy groups -OCH3 is 1. The molecule has 0 aliphatic heterocycles. The van der Waals surface area contributed by atoms with Gasteiger partial charge in [-0.05, 0) is 36.2 Å². The van der Waals surface area contributed by atoms with Crippen LogP contribution in [0.4, 0.5) is 0 Å². The van der Waals surface area contributed by atoms with Crippen LogP contribution < -0.4 is 4.74 Å². The highest BCUT2D eigenvalue weighted by molar-refractivity contribution is 6.01. The molecule has 2 N–H and O–H groups in total. The van der Waals surface area contributed by atoms with Gasteiger partial charge in [0.1, 0.15) is 0 Å². The van der Waals surface area contributed by atoms with E-state index in [4.69, 9.17) is 4.74 Å². The molecule has 0 bridgehead atoms. The quantitative estimate of drug-likeness (QED) is 0.843. The Balaban J connectivity index is 2.33. The van der Waals surface area contributed by atoms with Gasteiger partial charge in [0, 0.05) is 28.5 Å². The zero-order chi connectivity index (χ0) is 18.7. The number of rotatable bonds is 2. The molecule has 1 saturated carbocycles. The van der Waals surface area contributed by atoms with Gasteiger partial charge in [0.2, 0.25) is 0 Å². The number of carbonyl (C=O) groups excluding carboxylic acids is 1. The number of hydrogen-bond acceptors (Lipinski definition) is 4. The monoisotopic (exact) mass is 346 g/mol. The SMILES string of the molecule is COc1c(O)c(C(C)C)cc2c1C1(C)CC(O)CC(C)(C)C1CC2=O. The van der Waals surface area contributed by atoms with E-state index in [1.54, 1.807) is 7.11 Å². The lowest BCUT2D eigenvalue weighted by Crippen LogP contribution is -2.53. The Morgan fingerprint density at radius 2 is 1.88 bits per heavy atom. The molecule has 25 heavy (non-hydrogen) atoms. The van der Waals surface area contributed by atoms with E-state index < -0.39 is 11.5 Å². The molecule has 1 fully saturated rings. The molecule has 3 unspecified atom stereocenters. The van der Waals surface area contributed by atoms with Crippen molar-refractivity contribution in [3.63, 3.8) is 0 Å². The van der Waals surface area contributed by atoms with E-state index in [1.807, 2.05) is 19.9 Å². The van der Waals surface area contributed by atoms with Crippen molar-refractivity contribution in [2.45, 2.75) is 71.3 Å². The summed E-state index contributed by atoms with van der Waals surface area (Å²) in [5.41, 5.74) is 1.62. The summed E-state index contributed by atoms with van der Waals surface area (Å²) in [5.74, 6) is 0.852. The fourth-order valence-corrected chi connectivity index (χ4v) is 5.48. The average molecular weight is 346 g/mol. The lowest BCUT2D eigenvalue weighted by Gasteiger charge is -2.55. The highest BCUT2D eigenvalue weighted by Gasteiger charge is 2.55. The molecule has 1 aromatic carbocycles. The van der Waals surface area contributed by atoms with Crippen molar-refractivity contribution in [2.24, 2.45) is 11.3 Å². The minimum atomic E-state index is -0.422. The predicted octanol–water partition coefficient (Wildman–Crippen LogP) is 4.17. The number of Topliss-reactive ketones (excluding diaryl/α,β-unsaturated/α-hetero) is 1. The number of phenolic OH excluding ortho intramolecular Hbond substituents is 1. The van der Waals surface area contributed by atoms with Gasteiger partial charge in [-0.1, -0.05) is 34.6 Å². The van der Waals surface area contributed by atoms with Gasteiger partial charge in [-0.3, -0.25) is 4.79 Å². The molecule has 0 spiro atoms. The smallest absolute Gasteiger partial charge is 0.165 e. The summed E-state index contributed by atoms with van der Waals surface area (Å²) < 4.78 is 5.62. The second-order valence-corrected chi connectivity index (χ2v) is 9.07. The molecule has 0 heterocycles. The van der Waals surface area contributed by atoms with Gasteiger partial charge in [0.15, 0.2) is 17.3 Å². The molecule has 0 amide bonds. The van der Waals surface area contributed by atoms with Gasteiger partial charge < -0.3 is 14.9 Å². The van der Waals surface area contributed by atoms with E-state index in [0.29, 0.717) is 30.6 Å². The molecule has 4 heteroatoms. The first-order valence-corrected chi connectivity index (χ1v) is 9.18. The van der Waals surface area contributed by atoms with Crippen molar-refractivity contribution in [2.75, 3.05) is 7.11 Å². The molecule has 3 atom stereocenters. The number of phenols is 1. The molecule has 0 saturated heterocycles. The Morgan fingerprint density at radius 1 is 1.24 bits per heavy atom. The van der Waals surface area contributed by atoms with Crippen molar-refractivity contribution in [1.82, 2.24) is 0 Å². The van der Waals surface area contributed by atoms with E-state index in [0.717, 1.165) is 11.1 Å². The number of ketones is 1. The van der Waals surface area contributed by atoms with Gasteiger partial charge in [-0.15, -0.1) is 0 Å². The maximum atomic E-state index is 13.0. The average Bonchev–Trinajstić information content (AvgIpc) is 2.48. The van der Waals surface area contributed by atoms with Crippen LogP contribution >= 0.6 is 0 Å². The molecule has 2 aliphatic carbocycles. The number of benzene rings is 1. The third-order valence-electron chi connectivity index (χ3n) is 6.51. The zero-order valence-electron chi connectivity index (χ0n) is 16.1. The van der Waals surface area contributed by atoms with Crippen molar-refractivity contribution < 1.29 is 19.7 Å². The molecular weight excluding hydrogens is 316 g/mol. The Labute approximate surface area is 150 Å². The summed E-state index contributed by atoms with van der Waals surface area (Å²) >= 11 is 0. The first-order valence-electron chi connectivity index (χ1n) is 9.18. The Morgan fingerprint density at radius 3 is 2.44 bits per heavy atom. The topological polar surface area (TPSA) is 66.8 Å². The number of hydrogen-bond donors (Lipinski definition) is 2. The molecule has 1 aromatic rings. The molecule has 2 aliphatic rings. The number of aromatic hydroxyl groups is 1. The summed E-state index contributed by atoms with van der Waals surface area (Å²) in [4.78, 5) is 13.0. The van der Waals surface area contributed by atoms with Gasteiger partial charge in [-0.25, -0.2) is 0 Å². The number of fused-ring (bicyclic) bond motifs is 3. The Hall–Kier alpha value is -1.55. The van der Waals surface area contributed by atoms with Crippen LogP contribution in [0, 0.1) is 11.3 Å². The van der Waals surface area contributed by atoms with Crippen LogP contribution in [0.3, 0.4) is 0 Å². The third kappa shape index (κ3) is 2.57. The van der Waals surface area contributed by atoms with E-state index in [9.17, 15) is 15.0 Å². The van der Waals surface area contributed by atoms with E-state index in [2.05, 4.69) is 20.8 Å². The minimum absolute atomic E-state index is 0.0888. The molecular formula is C21H30O4. The lowest BCUT2D eigenvalue weighted by atomic mass is 9.49. The van der Waals surface area contributed by atoms with Gasteiger partial charge >= 0.3 is 0 Å². The van der Waals surface area contributed by atoms with Crippen LogP contribution in [0.1, 0.15) is 81.3 Å². The fourth-order valence-electron chi connectivity index (χ4n) is 5.48. The van der Waals surface area contributed by atoms with Crippen molar-refractivity contribution in [1.29, 1.82) is 0 Å². The highest BCUT2D eigenvalue weighted by atomic mass is 16.5. The molecule has 0 radical (unpaired) electrons. The number of aliphatic hydroxyl groups excluding tert-OH is 1. The van der Waals surface area contributed by atoms with E-state index in [-0.39, 0.29) is 28.8 Å². The van der Waals surface area contributed by atoms with Crippen LogP contribution in [0.2, 0.25) is 0 Å². The van der Waals surface area contributed by atoms with Crippen LogP contribution in [-0.4, -0.2) is 29.2 Å². The summed E-state index contributed by atoms with van der Waals surface area (Å²) in [7, 11) is 1.54. The standard InChI is InChI=1S/C21H30O4/c1-11(2)13-7-14-15(23)8-16-20(3,4)9-12(22)10-21(16,5)17(14)19(25-6)18(13)24/h7,11-12,16,22,24H,8-10H2,1-6H3. The maximum absolute atomic E-state index is 13.0. The summed E-state index contributed by atoms with van der Waals surface area (Å²) in [5, 5.41) is 21.3. The Kier molecular flexibility index (Phi) is 4.18. The Bertz CT molecular complexity index is 719. The third-order valence-corrected chi connectivity index (χ3v) is 6.51. The summed E-state index contributed by atoms with van der Waals surface area (Å²) in [6.07, 6.45) is 1.33. The van der Waals surface area contributed by atoms with Crippen LogP contribution in [-0.2, 0) is 5.41 Å². The van der Waals surface area contributed by atoms with E-state index in [1.165, 1.54) is 0 Å². The van der Waals surface area contributed by atoms with Crippen LogP contribution in [0.5, 0.6) is 11.5 Å². The summed E-state index contributed by atoms with van der Waals surface area (Å²) in [6.45, 7) is 10.4. The number of carbonyl (C=O) groups is 1. The van der Waals surface area contributed by atoms with Crippen molar-refractivity contribution in [3.05, 3.63) is 22.8 Å². The highest BCUT2D eigenvalue weighted by Crippen LogP contribution is 2.60. The fraction of sp³-hybridized carbons (Fsp3) is 0.667. The molecule has 4 nitrogen and oxygen atoms in total. The lowest BCUT2D eigenvalue weighted by molar-refractivity contribution is -0.0355. The number of aliphatic hydroxyl groups is 1.